The molecular formula is C9H13ClN4O. The molecule has 1 aromatic heterocycles. The van der Waals surface area contributed by atoms with Gasteiger partial charge in [0, 0.05) is 13.1 Å². The fourth-order valence-corrected chi connectivity index (χ4v) is 1.83. The molecule has 0 radical (unpaired) electrons. The lowest BCUT2D eigenvalue weighted by atomic mass is 10.1. The van der Waals surface area contributed by atoms with E-state index in [2.05, 4.69) is 27.2 Å². The zero-order chi connectivity index (χ0) is 10.8. The van der Waals surface area contributed by atoms with Gasteiger partial charge in [0.2, 0.25) is 0 Å². The lowest BCUT2D eigenvalue weighted by molar-refractivity contribution is 0.204. The van der Waals surface area contributed by atoms with Crippen molar-refractivity contribution in [2.75, 3.05) is 32.6 Å². The van der Waals surface area contributed by atoms with E-state index in [1.54, 1.807) is 7.11 Å². The van der Waals surface area contributed by atoms with E-state index in [9.17, 15) is 0 Å². The third-order valence-corrected chi connectivity index (χ3v) is 2.64. The Kier molecular flexibility index (Phi) is 2.93. The number of anilines is 1. The summed E-state index contributed by atoms with van der Waals surface area (Å²) in [6.45, 7) is 2.01. The average molecular weight is 229 g/mol. The normalized spacial score (nSPS) is 17.3. The van der Waals surface area contributed by atoms with Crippen molar-refractivity contribution in [2.45, 2.75) is 6.04 Å². The standard InChI is InChI=1S/C9H13ClN4O/c1-14-3-6(4-14)13-9-7(15-2)8(10)11-5-12-9/h5-6H,3-4H2,1-2H3,(H,11,12,13). The zero-order valence-electron chi connectivity index (χ0n) is 8.70. The van der Waals surface area contributed by atoms with Gasteiger partial charge in [0.05, 0.1) is 13.2 Å². The first kappa shape index (κ1) is 10.4. The molecule has 0 aromatic carbocycles. The highest BCUT2D eigenvalue weighted by Gasteiger charge is 2.24. The highest BCUT2D eigenvalue weighted by molar-refractivity contribution is 6.31. The third kappa shape index (κ3) is 2.13. The largest absolute Gasteiger partial charge is 0.490 e. The third-order valence-electron chi connectivity index (χ3n) is 2.37. The summed E-state index contributed by atoms with van der Waals surface area (Å²) in [6, 6.07) is 0.412. The number of halogens is 1. The Morgan fingerprint density at radius 2 is 2.27 bits per heavy atom. The summed E-state index contributed by atoms with van der Waals surface area (Å²) in [5, 5.41) is 3.60. The quantitative estimate of drug-likeness (QED) is 0.778. The van der Waals surface area contributed by atoms with Crippen LogP contribution in [0.15, 0.2) is 6.33 Å². The Morgan fingerprint density at radius 1 is 1.53 bits per heavy atom. The fourth-order valence-electron chi connectivity index (χ4n) is 1.62. The van der Waals surface area contributed by atoms with Crippen LogP contribution in [0.5, 0.6) is 5.75 Å². The molecule has 1 fully saturated rings. The van der Waals surface area contributed by atoms with Gasteiger partial charge < -0.3 is 15.0 Å². The van der Waals surface area contributed by atoms with Crippen LogP contribution in [0.25, 0.3) is 0 Å². The second-order valence-electron chi connectivity index (χ2n) is 3.61. The molecule has 1 aliphatic heterocycles. The second-order valence-corrected chi connectivity index (χ2v) is 3.97. The Morgan fingerprint density at radius 3 is 2.87 bits per heavy atom. The number of hydrogen-bond donors (Lipinski definition) is 1. The van der Waals surface area contributed by atoms with Gasteiger partial charge in [-0.05, 0) is 7.05 Å². The maximum absolute atomic E-state index is 5.88. The van der Waals surface area contributed by atoms with E-state index in [1.807, 2.05) is 0 Å². The average Bonchev–Trinajstić information content (AvgIpc) is 2.16. The van der Waals surface area contributed by atoms with E-state index in [4.69, 9.17) is 16.3 Å². The molecule has 0 saturated carbocycles. The Bertz CT molecular complexity index is 354. The second kappa shape index (κ2) is 4.20. The Balaban J connectivity index is 2.10. The van der Waals surface area contributed by atoms with Crippen LogP contribution in [0.1, 0.15) is 0 Å². The molecule has 1 saturated heterocycles. The van der Waals surface area contributed by atoms with Crippen LogP contribution in [0.2, 0.25) is 5.15 Å². The maximum atomic E-state index is 5.88. The Hall–Kier alpha value is -1.07. The van der Waals surface area contributed by atoms with Crippen molar-refractivity contribution in [3.8, 4) is 5.75 Å². The van der Waals surface area contributed by atoms with Crippen molar-refractivity contribution < 1.29 is 4.74 Å². The molecule has 0 unspecified atom stereocenters. The number of nitrogens with zero attached hydrogens (tertiary/aromatic N) is 3. The molecule has 82 valence electrons. The molecule has 0 atom stereocenters. The highest BCUT2D eigenvalue weighted by Crippen LogP contribution is 2.29. The number of hydrogen-bond acceptors (Lipinski definition) is 5. The topological polar surface area (TPSA) is 50.3 Å². The van der Waals surface area contributed by atoms with Crippen molar-refractivity contribution in [2.24, 2.45) is 0 Å². The summed E-state index contributed by atoms with van der Waals surface area (Å²) in [5.41, 5.74) is 0. The van der Waals surface area contributed by atoms with Gasteiger partial charge in [0.25, 0.3) is 0 Å². The van der Waals surface area contributed by atoms with Crippen molar-refractivity contribution in [1.29, 1.82) is 0 Å². The van der Waals surface area contributed by atoms with Gasteiger partial charge in [-0.2, -0.15) is 0 Å². The van der Waals surface area contributed by atoms with Crippen LogP contribution in [0.3, 0.4) is 0 Å². The van der Waals surface area contributed by atoms with Crippen LogP contribution in [-0.2, 0) is 0 Å². The number of nitrogens with one attached hydrogen (secondary N) is 1. The molecule has 2 heterocycles. The van der Waals surface area contributed by atoms with Crippen LogP contribution in [0.4, 0.5) is 5.82 Å². The number of likely N-dealkylation sites (tertiary alicyclic amines) is 1. The molecular weight excluding hydrogens is 216 g/mol. The summed E-state index contributed by atoms with van der Waals surface area (Å²) in [5.74, 6) is 1.17. The lowest BCUT2D eigenvalue weighted by Crippen LogP contribution is -2.52. The molecule has 15 heavy (non-hydrogen) atoms. The summed E-state index contributed by atoms with van der Waals surface area (Å²) in [4.78, 5) is 10.2. The van der Waals surface area contributed by atoms with Crippen LogP contribution >= 0.6 is 11.6 Å². The van der Waals surface area contributed by atoms with Crippen LogP contribution in [0, 0.1) is 0 Å². The fraction of sp³-hybridized carbons (Fsp3) is 0.556. The van der Waals surface area contributed by atoms with Crippen molar-refractivity contribution >= 4 is 17.4 Å². The summed E-state index contributed by atoms with van der Waals surface area (Å²) < 4.78 is 5.14. The number of aromatic nitrogens is 2. The van der Waals surface area contributed by atoms with Crippen molar-refractivity contribution in [1.82, 2.24) is 14.9 Å². The lowest BCUT2D eigenvalue weighted by Gasteiger charge is -2.37. The first-order valence-corrected chi connectivity index (χ1v) is 5.08. The van der Waals surface area contributed by atoms with Gasteiger partial charge in [-0.15, -0.1) is 0 Å². The first-order chi connectivity index (χ1) is 7.20. The molecule has 1 aromatic rings. The minimum absolute atomic E-state index is 0.336. The first-order valence-electron chi connectivity index (χ1n) is 4.70. The van der Waals surface area contributed by atoms with Gasteiger partial charge >= 0.3 is 0 Å². The molecule has 2 rings (SSSR count). The smallest absolute Gasteiger partial charge is 0.198 e. The van der Waals surface area contributed by atoms with Crippen LogP contribution < -0.4 is 10.1 Å². The van der Waals surface area contributed by atoms with E-state index in [-0.39, 0.29) is 0 Å². The molecule has 0 spiro atoms. The molecule has 0 amide bonds. The van der Waals surface area contributed by atoms with Gasteiger partial charge in [-0.1, -0.05) is 11.6 Å². The van der Waals surface area contributed by atoms with Gasteiger partial charge in [-0.3, -0.25) is 0 Å². The van der Waals surface area contributed by atoms with E-state index < -0.39 is 0 Å². The highest BCUT2D eigenvalue weighted by atomic mass is 35.5. The van der Waals surface area contributed by atoms with E-state index in [0.717, 1.165) is 13.1 Å². The SMILES string of the molecule is COc1c(Cl)ncnc1NC1CN(C)C1. The van der Waals surface area contributed by atoms with Gasteiger partial charge in [0.15, 0.2) is 16.7 Å². The van der Waals surface area contributed by atoms with Gasteiger partial charge in [0.1, 0.15) is 6.33 Å². The molecule has 0 bridgehead atoms. The van der Waals surface area contributed by atoms with Gasteiger partial charge in [-0.25, -0.2) is 9.97 Å². The number of methoxy groups -OCH3 is 1. The number of rotatable bonds is 3. The van der Waals surface area contributed by atoms with E-state index in [0.29, 0.717) is 22.8 Å². The van der Waals surface area contributed by atoms with E-state index >= 15 is 0 Å². The molecule has 1 N–H and O–H groups in total. The zero-order valence-corrected chi connectivity index (χ0v) is 9.45. The predicted molar refractivity (Wildman–Crippen MR) is 58.5 cm³/mol. The van der Waals surface area contributed by atoms with Crippen LogP contribution in [-0.4, -0.2) is 48.2 Å². The summed E-state index contributed by atoms with van der Waals surface area (Å²) in [6.07, 6.45) is 1.43. The molecule has 1 aliphatic rings. The minimum Gasteiger partial charge on any atom is -0.490 e. The van der Waals surface area contributed by atoms with Crippen molar-refractivity contribution in [3.63, 3.8) is 0 Å². The predicted octanol–water partition coefficient (Wildman–Crippen LogP) is 0.864. The van der Waals surface area contributed by atoms with Crippen molar-refractivity contribution in [3.05, 3.63) is 11.5 Å². The number of likely N-dealkylation sites (N-methyl/N-ethyl adjacent to an activating group) is 1. The summed E-state index contributed by atoms with van der Waals surface area (Å²) >= 11 is 5.88. The molecule has 6 heteroatoms. The minimum atomic E-state index is 0.336. The summed E-state index contributed by atoms with van der Waals surface area (Å²) in [7, 11) is 3.63. The monoisotopic (exact) mass is 228 g/mol. The van der Waals surface area contributed by atoms with E-state index in [1.165, 1.54) is 6.33 Å². The molecule has 0 aliphatic carbocycles. The maximum Gasteiger partial charge on any atom is 0.198 e. The Labute approximate surface area is 93.4 Å². The molecule has 5 nitrogen and oxygen atoms in total. The number of ether oxygens (including phenoxy) is 1.